The Hall–Kier alpha value is -3.51. The molecular weight excluding hydrogens is 462 g/mol. The summed E-state index contributed by atoms with van der Waals surface area (Å²) in [4.78, 5) is 32.2. The molecule has 0 bridgehead atoms. The lowest BCUT2D eigenvalue weighted by Crippen LogP contribution is -2.52. The van der Waals surface area contributed by atoms with Gasteiger partial charge in [-0.1, -0.05) is 43.3 Å². The minimum Gasteiger partial charge on any atom is -0.370 e. The number of hydrogen-bond donors (Lipinski definition) is 1. The third-order valence-corrected chi connectivity index (χ3v) is 8.17. The first-order valence-corrected chi connectivity index (χ1v) is 13.2. The lowest BCUT2D eigenvalue weighted by molar-refractivity contribution is -0.123. The Bertz CT molecular complexity index is 1280. The van der Waals surface area contributed by atoms with Crippen LogP contribution in [0.2, 0.25) is 0 Å². The van der Waals surface area contributed by atoms with E-state index >= 15 is 0 Å². The molecule has 1 saturated heterocycles. The predicted octanol–water partition coefficient (Wildman–Crippen LogP) is 5.04. The van der Waals surface area contributed by atoms with E-state index in [1.807, 2.05) is 61.3 Å². The van der Waals surface area contributed by atoms with Crippen LogP contribution in [-0.2, 0) is 21.6 Å². The SMILES string of the molecule is CCC(=O)N[C@@H]1c2ccccc2C2(CCN(C(=O)c3ccc(C)c(C)c3)CC2)[C@H]1OCc1cccnc1. The molecule has 1 spiro atoms. The molecule has 2 heterocycles. The standard InChI is InChI=1S/C31H35N3O3/c1-4-27(35)33-28-25-9-5-6-10-26(25)31(29(28)37-20-23-8-7-15-32-19-23)13-16-34(17-14-31)30(36)24-12-11-21(2)22(3)18-24/h5-12,15,18-19,28-29H,4,13-14,16-17,20H2,1-3H3,(H,33,35)/t28-,29+/m1/s1. The lowest BCUT2D eigenvalue weighted by atomic mass is 9.71. The molecule has 2 aliphatic rings. The van der Waals surface area contributed by atoms with Crippen LogP contribution < -0.4 is 5.32 Å². The Labute approximate surface area is 219 Å². The van der Waals surface area contributed by atoms with E-state index in [1.54, 1.807) is 6.20 Å². The summed E-state index contributed by atoms with van der Waals surface area (Å²) in [5, 5.41) is 3.25. The number of likely N-dealkylation sites (tertiary alicyclic amines) is 1. The van der Waals surface area contributed by atoms with E-state index in [0.717, 1.165) is 35.1 Å². The fraction of sp³-hybridized carbons (Fsp3) is 0.387. The van der Waals surface area contributed by atoms with Crippen LogP contribution >= 0.6 is 0 Å². The molecule has 37 heavy (non-hydrogen) atoms. The predicted molar refractivity (Wildman–Crippen MR) is 143 cm³/mol. The number of carbonyl (C=O) groups excluding carboxylic acids is 2. The van der Waals surface area contributed by atoms with Crippen LogP contribution in [0, 0.1) is 13.8 Å². The number of ether oxygens (including phenoxy) is 1. The maximum Gasteiger partial charge on any atom is 0.253 e. The van der Waals surface area contributed by atoms with Crippen molar-refractivity contribution in [2.24, 2.45) is 0 Å². The van der Waals surface area contributed by atoms with Crippen molar-refractivity contribution in [2.75, 3.05) is 13.1 Å². The molecule has 2 aromatic carbocycles. The van der Waals surface area contributed by atoms with Gasteiger partial charge in [0.2, 0.25) is 5.91 Å². The average molecular weight is 498 g/mol. The number of fused-ring (bicyclic) bond motifs is 2. The molecule has 3 aromatic rings. The number of nitrogens with one attached hydrogen (secondary N) is 1. The van der Waals surface area contributed by atoms with Crippen LogP contribution in [0.1, 0.15) is 70.4 Å². The largest absolute Gasteiger partial charge is 0.370 e. The Morgan fingerprint density at radius 3 is 2.54 bits per heavy atom. The number of rotatable bonds is 6. The van der Waals surface area contributed by atoms with Crippen LogP contribution in [0.15, 0.2) is 67.0 Å². The molecule has 5 rings (SSSR count). The minimum absolute atomic E-state index is 0.00851. The minimum atomic E-state index is -0.287. The lowest BCUT2D eigenvalue weighted by Gasteiger charge is -2.44. The van der Waals surface area contributed by atoms with Gasteiger partial charge in [-0.15, -0.1) is 0 Å². The van der Waals surface area contributed by atoms with E-state index in [4.69, 9.17) is 4.74 Å². The van der Waals surface area contributed by atoms with Gasteiger partial charge >= 0.3 is 0 Å². The monoisotopic (exact) mass is 497 g/mol. The second-order valence-electron chi connectivity index (χ2n) is 10.3. The van der Waals surface area contributed by atoms with Gasteiger partial charge in [-0.3, -0.25) is 14.6 Å². The summed E-state index contributed by atoms with van der Waals surface area (Å²) in [7, 11) is 0. The highest BCUT2D eigenvalue weighted by Crippen LogP contribution is 2.52. The number of hydrogen-bond acceptors (Lipinski definition) is 4. The highest BCUT2D eigenvalue weighted by molar-refractivity contribution is 5.94. The van der Waals surface area contributed by atoms with E-state index < -0.39 is 0 Å². The van der Waals surface area contributed by atoms with Crippen molar-refractivity contribution in [3.63, 3.8) is 0 Å². The van der Waals surface area contributed by atoms with Gasteiger partial charge in [0.1, 0.15) is 0 Å². The Morgan fingerprint density at radius 2 is 1.84 bits per heavy atom. The molecule has 2 amide bonds. The topological polar surface area (TPSA) is 71.5 Å². The molecule has 1 aliphatic heterocycles. The van der Waals surface area contributed by atoms with Gasteiger partial charge in [0, 0.05) is 42.9 Å². The maximum absolute atomic E-state index is 13.4. The van der Waals surface area contributed by atoms with Crippen LogP contribution in [0.5, 0.6) is 0 Å². The number of nitrogens with zero attached hydrogens (tertiary/aromatic N) is 2. The fourth-order valence-electron chi connectivity index (χ4n) is 5.93. The first-order valence-electron chi connectivity index (χ1n) is 13.2. The maximum atomic E-state index is 13.4. The zero-order chi connectivity index (χ0) is 26.0. The van der Waals surface area contributed by atoms with Crippen molar-refractivity contribution in [1.82, 2.24) is 15.2 Å². The van der Waals surface area contributed by atoms with Gasteiger partial charge in [-0.05, 0) is 72.7 Å². The quantitative estimate of drug-likeness (QED) is 0.518. The van der Waals surface area contributed by atoms with Gasteiger partial charge in [-0.25, -0.2) is 0 Å². The molecule has 1 aliphatic carbocycles. The smallest absolute Gasteiger partial charge is 0.253 e. The summed E-state index contributed by atoms with van der Waals surface area (Å²) >= 11 is 0. The van der Waals surface area contributed by atoms with Crippen LogP contribution in [0.25, 0.3) is 0 Å². The van der Waals surface area contributed by atoms with E-state index in [2.05, 4.69) is 35.4 Å². The third-order valence-electron chi connectivity index (χ3n) is 8.17. The molecule has 6 heteroatoms. The van der Waals surface area contributed by atoms with Gasteiger partial charge in [0.25, 0.3) is 5.91 Å². The molecule has 192 valence electrons. The molecule has 0 saturated carbocycles. The summed E-state index contributed by atoms with van der Waals surface area (Å²) in [6.45, 7) is 7.67. The Balaban J connectivity index is 1.44. The van der Waals surface area contributed by atoms with E-state index in [9.17, 15) is 9.59 Å². The molecule has 0 unspecified atom stereocenters. The molecule has 0 radical (unpaired) electrons. The van der Waals surface area contributed by atoms with Crippen molar-refractivity contribution in [3.8, 4) is 0 Å². The summed E-state index contributed by atoms with van der Waals surface area (Å²) in [5.74, 6) is 0.0853. The molecule has 1 fully saturated rings. The number of piperidine rings is 1. The number of amides is 2. The second kappa shape index (κ2) is 10.5. The van der Waals surface area contributed by atoms with Crippen molar-refractivity contribution in [3.05, 3.63) is 100 Å². The zero-order valence-corrected chi connectivity index (χ0v) is 21.9. The van der Waals surface area contributed by atoms with Crippen LogP contribution in [0.4, 0.5) is 0 Å². The Kier molecular flexibility index (Phi) is 7.11. The zero-order valence-electron chi connectivity index (χ0n) is 21.9. The van der Waals surface area contributed by atoms with Crippen molar-refractivity contribution in [2.45, 2.75) is 64.2 Å². The van der Waals surface area contributed by atoms with E-state index in [-0.39, 0.29) is 29.4 Å². The number of carbonyl (C=O) groups is 2. The van der Waals surface area contributed by atoms with Gasteiger partial charge in [0.15, 0.2) is 0 Å². The Morgan fingerprint density at radius 1 is 1.05 bits per heavy atom. The number of aryl methyl sites for hydroxylation is 2. The molecule has 1 aromatic heterocycles. The highest BCUT2D eigenvalue weighted by Gasteiger charge is 2.54. The highest BCUT2D eigenvalue weighted by atomic mass is 16.5. The molecule has 6 nitrogen and oxygen atoms in total. The first-order chi connectivity index (χ1) is 17.9. The van der Waals surface area contributed by atoms with Gasteiger partial charge in [-0.2, -0.15) is 0 Å². The average Bonchev–Trinajstić information content (AvgIpc) is 3.17. The number of benzene rings is 2. The van der Waals surface area contributed by atoms with Gasteiger partial charge < -0.3 is 15.0 Å². The van der Waals surface area contributed by atoms with Crippen molar-refractivity contribution < 1.29 is 14.3 Å². The normalized spacial score (nSPS) is 20.0. The molecule has 2 atom stereocenters. The first kappa shape index (κ1) is 25.2. The summed E-state index contributed by atoms with van der Waals surface area (Å²) in [6, 6.07) is 18.0. The van der Waals surface area contributed by atoms with E-state index in [1.165, 1.54) is 11.1 Å². The summed E-state index contributed by atoms with van der Waals surface area (Å²) in [6.07, 6.45) is 5.30. The fourth-order valence-corrected chi connectivity index (χ4v) is 5.93. The number of pyridine rings is 1. The van der Waals surface area contributed by atoms with Gasteiger partial charge in [0.05, 0.1) is 18.8 Å². The van der Waals surface area contributed by atoms with E-state index in [0.29, 0.717) is 26.1 Å². The van der Waals surface area contributed by atoms with Crippen LogP contribution in [0.3, 0.4) is 0 Å². The molecular formula is C31H35N3O3. The van der Waals surface area contributed by atoms with Crippen LogP contribution in [-0.4, -0.2) is 40.9 Å². The molecule has 1 N–H and O–H groups in total. The third kappa shape index (κ3) is 4.78. The summed E-state index contributed by atoms with van der Waals surface area (Å²) < 4.78 is 6.67. The number of aromatic nitrogens is 1. The van der Waals surface area contributed by atoms with Crippen molar-refractivity contribution in [1.29, 1.82) is 0 Å². The summed E-state index contributed by atoms with van der Waals surface area (Å²) in [5.41, 5.74) is 6.11. The van der Waals surface area contributed by atoms with Crippen molar-refractivity contribution >= 4 is 11.8 Å². The second-order valence-corrected chi connectivity index (χ2v) is 10.3.